The Hall–Kier alpha value is -1.46. The van der Waals surface area contributed by atoms with Crippen LogP contribution in [0.5, 0.6) is 0 Å². The second-order valence-corrected chi connectivity index (χ2v) is 5.73. The molecule has 0 saturated carbocycles. The van der Waals surface area contributed by atoms with Gasteiger partial charge >= 0.3 is 0 Å². The van der Waals surface area contributed by atoms with Crippen LogP contribution in [-0.2, 0) is 0 Å². The molecule has 1 heterocycles. The topological polar surface area (TPSA) is 51.8 Å². The van der Waals surface area contributed by atoms with E-state index < -0.39 is 0 Å². The number of benzene rings is 1. The van der Waals surface area contributed by atoms with Gasteiger partial charge in [0, 0.05) is 0 Å². The fraction of sp³-hybridized carbons (Fsp3) is 0.214. The van der Waals surface area contributed by atoms with Crippen molar-refractivity contribution in [3.63, 3.8) is 0 Å². The highest BCUT2D eigenvalue weighted by atomic mass is 32.2. The number of nitrogens with zero attached hydrogens (tertiary/aromatic N) is 2. The van der Waals surface area contributed by atoms with Crippen molar-refractivity contribution in [1.29, 1.82) is 0 Å². The van der Waals surface area contributed by atoms with Crippen LogP contribution in [-0.4, -0.2) is 20.9 Å². The van der Waals surface area contributed by atoms with Gasteiger partial charge in [0.25, 0.3) is 0 Å². The van der Waals surface area contributed by atoms with Crippen molar-refractivity contribution in [1.82, 2.24) is 10.2 Å². The molecule has 1 unspecified atom stereocenters. The Labute approximate surface area is 122 Å². The summed E-state index contributed by atoms with van der Waals surface area (Å²) in [4.78, 5) is 0.413. The molecule has 0 aliphatic rings. The minimum atomic E-state index is -0.177. The number of hydrogen-bond donors (Lipinski definition) is 1. The van der Waals surface area contributed by atoms with E-state index in [1.54, 1.807) is 11.8 Å². The van der Waals surface area contributed by atoms with Gasteiger partial charge in [0.15, 0.2) is 0 Å². The summed E-state index contributed by atoms with van der Waals surface area (Å²) >= 11 is 6.83. The maximum absolute atomic E-state index is 5.86. The summed E-state index contributed by atoms with van der Waals surface area (Å²) in [5.74, 6) is 0.801. The van der Waals surface area contributed by atoms with Crippen molar-refractivity contribution >= 4 is 29.0 Å². The predicted molar refractivity (Wildman–Crippen MR) is 83.5 cm³/mol. The number of rotatable bonds is 5. The van der Waals surface area contributed by atoms with Crippen molar-refractivity contribution in [2.24, 2.45) is 5.73 Å². The minimum absolute atomic E-state index is 0.177. The van der Waals surface area contributed by atoms with Gasteiger partial charge in [-0.2, -0.15) is 5.10 Å². The third-order valence-corrected chi connectivity index (χ3v) is 3.70. The van der Waals surface area contributed by atoms with Gasteiger partial charge in [0.1, 0.15) is 5.03 Å². The van der Waals surface area contributed by atoms with Gasteiger partial charge in [-0.25, -0.2) is 0 Å². The second kappa shape index (κ2) is 6.63. The summed E-state index contributed by atoms with van der Waals surface area (Å²) in [6.07, 6.45) is 0. The standard InChI is InChI=1S/C14H15N3S2/c1-2-19-12-9-8-11(16-17-12)13(14(15)18)10-6-4-3-5-7-10/h3-9,13H,2H2,1H3,(H2,15,18). The van der Waals surface area contributed by atoms with Crippen LogP contribution in [0.4, 0.5) is 0 Å². The number of hydrogen-bond acceptors (Lipinski definition) is 4. The SMILES string of the molecule is CCSc1ccc(C(C(N)=S)c2ccccc2)nn1. The largest absolute Gasteiger partial charge is 0.392 e. The van der Waals surface area contributed by atoms with Crippen LogP contribution < -0.4 is 5.73 Å². The Kier molecular flexibility index (Phi) is 4.87. The zero-order valence-electron chi connectivity index (χ0n) is 10.6. The summed E-state index contributed by atoms with van der Waals surface area (Å²) < 4.78 is 0. The molecule has 1 atom stereocenters. The first-order valence-electron chi connectivity index (χ1n) is 6.03. The molecule has 0 spiro atoms. The molecule has 2 aromatic rings. The Morgan fingerprint density at radius 3 is 2.47 bits per heavy atom. The minimum Gasteiger partial charge on any atom is -0.392 e. The maximum atomic E-state index is 5.86. The van der Waals surface area contributed by atoms with E-state index in [0.29, 0.717) is 4.99 Å². The van der Waals surface area contributed by atoms with E-state index in [0.717, 1.165) is 22.0 Å². The van der Waals surface area contributed by atoms with E-state index >= 15 is 0 Å². The zero-order chi connectivity index (χ0) is 13.7. The molecule has 3 nitrogen and oxygen atoms in total. The van der Waals surface area contributed by atoms with Crippen LogP contribution in [0.2, 0.25) is 0 Å². The molecule has 0 amide bonds. The normalized spacial score (nSPS) is 12.1. The third-order valence-electron chi connectivity index (χ3n) is 2.67. The molecule has 2 rings (SSSR count). The summed E-state index contributed by atoms with van der Waals surface area (Å²) in [6, 6.07) is 13.8. The molecule has 2 N–H and O–H groups in total. The monoisotopic (exact) mass is 289 g/mol. The lowest BCUT2D eigenvalue weighted by Gasteiger charge is -2.15. The van der Waals surface area contributed by atoms with E-state index in [-0.39, 0.29) is 5.92 Å². The first-order valence-corrected chi connectivity index (χ1v) is 7.42. The highest BCUT2D eigenvalue weighted by molar-refractivity contribution is 7.99. The lowest BCUT2D eigenvalue weighted by molar-refractivity contribution is 0.848. The number of nitrogens with two attached hydrogens (primary N) is 1. The highest BCUT2D eigenvalue weighted by Gasteiger charge is 2.18. The molecular weight excluding hydrogens is 274 g/mol. The number of thioether (sulfide) groups is 1. The molecule has 0 fully saturated rings. The molecular formula is C14H15N3S2. The molecule has 19 heavy (non-hydrogen) atoms. The van der Waals surface area contributed by atoms with Crippen LogP contribution >= 0.6 is 24.0 Å². The molecule has 0 aliphatic carbocycles. The first-order chi connectivity index (χ1) is 9.22. The van der Waals surface area contributed by atoms with Crippen molar-refractivity contribution in [2.45, 2.75) is 17.9 Å². The molecule has 98 valence electrons. The predicted octanol–water partition coefficient (Wildman–Crippen LogP) is 3.01. The van der Waals surface area contributed by atoms with Crippen LogP contribution in [0.3, 0.4) is 0 Å². The summed E-state index contributed by atoms with van der Waals surface area (Å²) in [6.45, 7) is 2.09. The van der Waals surface area contributed by atoms with Crippen molar-refractivity contribution in [2.75, 3.05) is 5.75 Å². The van der Waals surface area contributed by atoms with E-state index in [4.69, 9.17) is 18.0 Å². The van der Waals surface area contributed by atoms with Gasteiger partial charge in [0.2, 0.25) is 0 Å². The van der Waals surface area contributed by atoms with E-state index in [9.17, 15) is 0 Å². The smallest absolute Gasteiger partial charge is 0.119 e. The van der Waals surface area contributed by atoms with Gasteiger partial charge in [-0.3, -0.25) is 0 Å². The fourth-order valence-corrected chi connectivity index (χ4v) is 2.65. The molecule has 0 saturated heterocycles. The summed E-state index contributed by atoms with van der Waals surface area (Å²) in [5, 5.41) is 9.37. The molecule has 0 radical (unpaired) electrons. The number of aromatic nitrogens is 2. The van der Waals surface area contributed by atoms with Crippen LogP contribution in [0.15, 0.2) is 47.5 Å². The van der Waals surface area contributed by atoms with E-state index in [1.807, 2.05) is 42.5 Å². The summed E-state index contributed by atoms with van der Waals surface area (Å²) in [5.41, 5.74) is 7.69. The quantitative estimate of drug-likeness (QED) is 0.677. The summed E-state index contributed by atoms with van der Waals surface area (Å²) in [7, 11) is 0. The molecule has 0 bridgehead atoms. The Balaban J connectivity index is 2.32. The lowest BCUT2D eigenvalue weighted by atomic mass is 9.95. The Morgan fingerprint density at radius 2 is 1.95 bits per heavy atom. The van der Waals surface area contributed by atoms with E-state index in [1.165, 1.54) is 0 Å². The maximum Gasteiger partial charge on any atom is 0.119 e. The average molecular weight is 289 g/mol. The zero-order valence-corrected chi connectivity index (χ0v) is 12.2. The Morgan fingerprint density at radius 1 is 1.21 bits per heavy atom. The lowest BCUT2D eigenvalue weighted by Crippen LogP contribution is -2.21. The van der Waals surface area contributed by atoms with Crippen molar-refractivity contribution in [3.8, 4) is 0 Å². The van der Waals surface area contributed by atoms with Crippen LogP contribution in [0, 0.1) is 0 Å². The van der Waals surface area contributed by atoms with Gasteiger partial charge in [0.05, 0.1) is 16.6 Å². The van der Waals surface area contributed by atoms with Crippen LogP contribution in [0.1, 0.15) is 24.1 Å². The molecule has 1 aromatic carbocycles. The molecule has 1 aromatic heterocycles. The van der Waals surface area contributed by atoms with Gasteiger partial charge in [-0.1, -0.05) is 49.5 Å². The fourth-order valence-electron chi connectivity index (χ4n) is 1.84. The average Bonchev–Trinajstić information content (AvgIpc) is 2.42. The van der Waals surface area contributed by atoms with Crippen molar-refractivity contribution < 1.29 is 0 Å². The second-order valence-electron chi connectivity index (χ2n) is 3.98. The first kappa shape index (κ1) is 14.0. The van der Waals surface area contributed by atoms with Gasteiger partial charge < -0.3 is 5.73 Å². The van der Waals surface area contributed by atoms with Gasteiger partial charge in [-0.15, -0.1) is 16.9 Å². The van der Waals surface area contributed by atoms with Gasteiger partial charge in [-0.05, 0) is 23.4 Å². The Bertz CT molecular complexity index is 540. The van der Waals surface area contributed by atoms with E-state index in [2.05, 4.69) is 17.1 Å². The third kappa shape index (κ3) is 3.52. The van der Waals surface area contributed by atoms with Crippen LogP contribution in [0.25, 0.3) is 0 Å². The number of thiocarbonyl (C=S) groups is 1. The molecule has 0 aliphatic heterocycles. The van der Waals surface area contributed by atoms with Crippen molar-refractivity contribution in [3.05, 3.63) is 53.7 Å². The highest BCUT2D eigenvalue weighted by Crippen LogP contribution is 2.24. The molecule has 5 heteroatoms.